The number of hydrogen-bond donors (Lipinski definition) is 2. The van der Waals surface area contributed by atoms with Gasteiger partial charge in [0.1, 0.15) is 0 Å². The van der Waals surface area contributed by atoms with Crippen molar-refractivity contribution in [2.45, 2.75) is 20.3 Å². The quantitative estimate of drug-likeness (QED) is 0.569. The highest BCUT2D eigenvalue weighted by atomic mass is 32.1. The third-order valence-electron chi connectivity index (χ3n) is 4.48. The predicted octanol–water partition coefficient (Wildman–Crippen LogP) is 3.78. The van der Waals surface area contributed by atoms with Gasteiger partial charge < -0.3 is 5.32 Å². The number of aryl methyl sites for hydroxylation is 2. The summed E-state index contributed by atoms with van der Waals surface area (Å²) in [7, 11) is 0. The van der Waals surface area contributed by atoms with Crippen molar-refractivity contribution in [1.29, 1.82) is 0 Å². The minimum atomic E-state index is 0.571. The van der Waals surface area contributed by atoms with Gasteiger partial charge in [0.25, 0.3) is 5.95 Å². The van der Waals surface area contributed by atoms with Gasteiger partial charge in [0.05, 0.1) is 27.8 Å². The van der Waals surface area contributed by atoms with Crippen molar-refractivity contribution in [3.63, 3.8) is 0 Å². The van der Waals surface area contributed by atoms with Crippen LogP contribution in [0.5, 0.6) is 0 Å². The minimum Gasteiger partial charge on any atom is -0.339 e. The number of nitrogens with one attached hydrogen (secondary N) is 2. The van der Waals surface area contributed by atoms with Crippen LogP contribution in [0.4, 0.5) is 5.82 Å². The van der Waals surface area contributed by atoms with Crippen molar-refractivity contribution >= 4 is 33.4 Å². The fourth-order valence-corrected chi connectivity index (χ4v) is 3.96. The second kappa shape index (κ2) is 6.17. The predicted molar refractivity (Wildman–Crippen MR) is 107 cm³/mol. The Morgan fingerprint density at radius 2 is 2.15 bits per heavy atom. The Bertz CT molecular complexity index is 1210. The summed E-state index contributed by atoms with van der Waals surface area (Å²) in [4.78, 5) is 9.46. The van der Waals surface area contributed by atoms with E-state index in [2.05, 4.69) is 31.7 Å². The Balaban J connectivity index is 1.56. The number of allylic oxidation sites excluding steroid dienone is 2. The summed E-state index contributed by atoms with van der Waals surface area (Å²) < 4.78 is 2.81. The van der Waals surface area contributed by atoms with Crippen molar-refractivity contribution in [3.8, 4) is 5.95 Å². The van der Waals surface area contributed by atoms with Gasteiger partial charge in [-0.2, -0.15) is 15.2 Å². The Hall–Kier alpha value is -3.26. The second-order valence-corrected chi connectivity index (χ2v) is 7.39. The molecule has 4 aromatic rings. The molecule has 27 heavy (non-hydrogen) atoms. The first kappa shape index (κ1) is 16.0. The van der Waals surface area contributed by atoms with Gasteiger partial charge >= 0.3 is 0 Å². The van der Waals surface area contributed by atoms with E-state index in [0.717, 1.165) is 45.2 Å². The van der Waals surface area contributed by atoms with E-state index < -0.39 is 0 Å². The fraction of sp³-hybridized carbons (Fsp3) is 0.158. The van der Waals surface area contributed by atoms with E-state index in [-0.39, 0.29) is 0 Å². The number of aromatic amines is 1. The topological polar surface area (TPSA) is 84.3 Å². The molecule has 1 aliphatic carbocycles. The minimum absolute atomic E-state index is 0.571. The van der Waals surface area contributed by atoms with Gasteiger partial charge in [0, 0.05) is 17.0 Å². The maximum atomic E-state index is 4.77. The van der Waals surface area contributed by atoms with E-state index >= 15 is 0 Å². The van der Waals surface area contributed by atoms with Crippen LogP contribution in [0.2, 0.25) is 0 Å². The molecule has 0 radical (unpaired) electrons. The number of rotatable bonds is 3. The molecule has 0 spiro atoms. The summed E-state index contributed by atoms with van der Waals surface area (Å²) in [5.74, 6) is 1.36. The normalized spacial score (nSPS) is 13.5. The van der Waals surface area contributed by atoms with E-state index in [1.54, 1.807) is 16.0 Å². The van der Waals surface area contributed by atoms with Crippen LogP contribution in [0.1, 0.15) is 22.6 Å². The summed E-state index contributed by atoms with van der Waals surface area (Å²) in [5.41, 5.74) is 6.07. The van der Waals surface area contributed by atoms with Gasteiger partial charge in [-0.25, -0.2) is 9.67 Å². The molecule has 5 rings (SSSR count). The van der Waals surface area contributed by atoms with Crippen molar-refractivity contribution in [1.82, 2.24) is 29.9 Å². The van der Waals surface area contributed by atoms with Gasteiger partial charge in [-0.1, -0.05) is 6.08 Å². The Labute approximate surface area is 159 Å². The molecule has 0 saturated heterocycles. The molecule has 0 saturated carbocycles. The maximum absolute atomic E-state index is 4.77. The smallest absolute Gasteiger partial charge is 0.253 e. The molecule has 0 unspecified atom stereocenters. The summed E-state index contributed by atoms with van der Waals surface area (Å²) in [6.07, 6.45) is 8.88. The lowest BCUT2D eigenvalue weighted by molar-refractivity contribution is 0.781. The van der Waals surface area contributed by atoms with Crippen LogP contribution < -0.4 is 5.32 Å². The van der Waals surface area contributed by atoms with E-state index in [1.807, 2.05) is 49.7 Å². The molecule has 134 valence electrons. The molecule has 0 amide bonds. The second-order valence-electron chi connectivity index (χ2n) is 6.48. The van der Waals surface area contributed by atoms with Crippen molar-refractivity contribution < 1.29 is 0 Å². The van der Waals surface area contributed by atoms with Crippen molar-refractivity contribution in [3.05, 3.63) is 64.2 Å². The monoisotopic (exact) mass is 375 g/mol. The Morgan fingerprint density at radius 3 is 3.00 bits per heavy atom. The van der Waals surface area contributed by atoms with Gasteiger partial charge in [0.2, 0.25) is 0 Å². The molecular formula is C19H17N7S. The van der Waals surface area contributed by atoms with Crippen LogP contribution in [-0.4, -0.2) is 29.9 Å². The average molecular weight is 375 g/mol. The van der Waals surface area contributed by atoms with Gasteiger partial charge in [-0.3, -0.25) is 5.10 Å². The van der Waals surface area contributed by atoms with E-state index in [4.69, 9.17) is 4.98 Å². The lowest BCUT2D eigenvalue weighted by atomic mass is 10.2. The lowest BCUT2D eigenvalue weighted by Gasteiger charge is -2.10. The lowest BCUT2D eigenvalue weighted by Crippen LogP contribution is -2.08. The molecule has 0 fully saturated rings. The van der Waals surface area contributed by atoms with Crippen molar-refractivity contribution in [2.75, 3.05) is 5.32 Å². The highest BCUT2D eigenvalue weighted by Crippen LogP contribution is 2.29. The van der Waals surface area contributed by atoms with E-state index in [0.29, 0.717) is 5.95 Å². The summed E-state index contributed by atoms with van der Waals surface area (Å²) in [6.45, 7) is 3.98. The van der Waals surface area contributed by atoms with Crippen LogP contribution in [0.25, 0.3) is 22.2 Å². The summed E-state index contributed by atoms with van der Waals surface area (Å²) in [6, 6.07) is 4.03. The SMILES string of the molecule is Cc1cc(C)n(-c2nc(NC3=CCc4cn[nH]c4C=C3)c3sccc3n2)n1. The molecule has 1 aliphatic rings. The molecule has 2 N–H and O–H groups in total. The average Bonchev–Trinajstić information content (AvgIpc) is 3.34. The van der Waals surface area contributed by atoms with Gasteiger partial charge in [0.15, 0.2) is 5.82 Å². The first-order chi connectivity index (χ1) is 13.2. The molecule has 8 heteroatoms. The molecule has 7 nitrogen and oxygen atoms in total. The molecular weight excluding hydrogens is 358 g/mol. The van der Waals surface area contributed by atoms with Crippen LogP contribution in [0, 0.1) is 13.8 Å². The van der Waals surface area contributed by atoms with Crippen LogP contribution in [-0.2, 0) is 6.42 Å². The number of anilines is 1. The van der Waals surface area contributed by atoms with Crippen molar-refractivity contribution in [2.24, 2.45) is 0 Å². The Morgan fingerprint density at radius 1 is 1.22 bits per heavy atom. The van der Waals surface area contributed by atoms with Crippen LogP contribution >= 0.6 is 11.3 Å². The molecule has 0 bridgehead atoms. The number of hydrogen-bond acceptors (Lipinski definition) is 6. The molecule has 4 heterocycles. The number of H-pyrrole nitrogens is 1. The van der Waals surface area contributed by atoms with E-state index in [1.165, 1.54) is 5.56 Å². The van der Waals surface area contributed by atoms with Gasteiger partial charge in [-0.15, -0.1) is 11.3 Å². The largest absolute Gasteiger partial charge is 0.339 e. The zero-order valence-corrected chi connectivity index (χ0v) is 15.7. The third-order valence-corrected chi connectivity index (χ3v) is 5.39. The van der Waals surface area contributed by atoms with E-state index in [9.17, 15) is 0 Å². The number of nitrogens with zero attached hydrogens (tertiary/aromatic N) is 5. The fourth-order valence-electron chi connectivity index (χ4n) is 3.18. The first-order valence-corrected chi connectivity index (χ1v) is 9.52. The third kappa shape index (κ3) is 2.83. The highest BCUT2D eigenvalue weighted by molar-refractivity contribution is 7.17. The standard InChI is InChI=1S/C19H17N7S/c1-11-9-12(2)26(25-11)19-22-16-7-8-27-17(16)18(23-19)21-14-4-3-13-10-20-24-15(13)6-5-14/h4-10H,3H2,1-2H3,(H,20,24)(H,21,22,23). The number of thiophene rings is 1. The molecule has 0 atom stereocenters. The Kier molecular flexibility index (Phi) is 3.64. The molecule has 0 aliphatic heterocycles. The van der Waals surface area contributed by atoms with Gasteiger partial charge in [-0.05, 0) is 49.9 Å². The maximum Gasteiger partial charge on any atom is 0.253 e. The summed E-state index contributed by atoms with van der Waals surface area (Å²) in [5, 5.41) is 17.1. The zero-order chi connectivity index (χ0) is 18.4. The number of aromatic nitrogens is 6. The molecule has 0 aromatic carbocycles. The zero-order valence-electron chi connectivity index (χ0n) is 14.9. The highest BCUT2D eigenvalue weighted by Gasteiger charge is 2.14. The van der Waals surface area contributed by atoms with Crippen LogP contribution in [0.15, 0.2) is 41.6 Å². The van der Waals surface area contributed by atoms with Crippen LogP contribution in [0.3, 0.4) is 0 Å². The first-order valence-electron chi connectivity index (χ1n) is 8.64. The number of fused-ring (bicyclic) bond motifs is 2. The summed E-state index contributed by atoms with van der Waals surface area (Å²) >= 11 is 1.63. The molecule has 4 aromatic heterocycles.